The molecule has 0 saturated heterocycles. The molecule has 0 aromatic carbocycles. The Labute approximate surface area is 236 Å². The molecule has 0 saturated carbocycles. The van der Waals surface area contributed by atoms with Gasteiger partial charge in [0.05, 0.1) is 22.8 Å². The number of H-pyrrole nitrogens is 2. The highest BCUT2D eigenvalue weighted by Crippen LogP contribution is 2.44. The molecule has 2 aliphatic heterocycles. The Morgan fingerprint density at radius 1 is 0.350 bits per heavy atom. The maximum absolute atomic E-state index is 5.36. The van der Waals surface area contributed by atoms with Gasteiger partial charge in [0.25, 0.3) is 0 Å². The minimum atomic E-state index is 1.14. The van der Waals surface area contributed by atoms with Crippen LogP contribution in [0.3, 0.4) is 0 Å². The number of allylic oxidation sites excluding steroid dienone is 4. The number of aromatic nitrogens is 4. The van der Waals surface area contributed by atoms with E-state index >= 15 is 0 Å². The molecule has 0 radical (unpaired) electrons. The third-order valence-electron chi connectivity index (χ3n) is 10.6. The van der Waals surface area contributed by atoms with Crippen molar-refractivity contribution in [3.05, 3.63) is 69.3 Å². The Balaban J connectivity index is 1.42. The van der Waals surface area contributed by atoms with Crippen LogP contribution in [0, 0.1) is 0 Å². The van der Waals surface area contributed by atoms with Crippen molar-refractivity contribution < 1.29 is 0 Å². The lowest BCUT2D eigenvalue weighted by Crippen LogP contribution is -2.00. The van der Waals surface area contributed by atoms with Gasteiger partial charge in [-0.05, 0) is 172 Å². The van der Waals surface area contributed by atoms with E-state index in [1.165, 1.54) is 166 Å². The smallest absolute Gasteiger partial charge is 0.0694 e. The quantitative estimate of drug-likeness (QED) is 0.302. The van der Waals surface area contributed by atoms with Gasteiger partial charge >= 0.3 is 0 Å². The lowest BCUT2D eigenvalue weighted by atomic mass is 9.90. The van der Waals surface area contributed by atoms with Gasteiger partial charge in [0.15, 0.2) is 0 Å². The van der Waals surface area contributed by atoms with Crippen LogP contribution in [0.5, 0.6) is 0 Å². The van der Waals surface area contributed by atoms with Gasteiger partial charge in [-0.2, -0.15) is 0 Å². The van der Waals surface area contributed by atoms with Crippen LogP contribution in [-0.4, -0.2) is 19.9 Å². The van der Waals surface area contributed by atoms with Crippen LogP contribution < -0.4 is 0 Å². The molecule has 0 fully saturated rings. The highest BCUT2D eigenvalue weighted by Gasteiger charge is 2.27. The maximum atomic E-state index is 5.36. The lowest BCUT2D eigenvalue weighted by Gasteiger charge is -2.15. The first-order valence-electron chi connectivity index (χ1n) is 16.0. The summed E-state index contributed by atoms with van der Waals surface area (Å²) in [5.74, 6) is 0. The summed E-state index contributed by atoms with van der Waals surface area (Å²) in [4.78, 5) is 18.6. The van der Waals surface area contributed by atoms with E-state index in [9.17, 15) is 0 Å². The van der Waals surface area contributed by atoms with Gasteiger partial charge < -0.3 is 9.97 Å². The molecule has 0 unspecified atom stereocenters. The molecule has 8 bridgehead atoms. The second kappa shape index (κ2) is 9.06. The second-order valence-corrected chi connectivity index (χ2v) is 12.9. The third-order valence-corrected chi connectivity index (χ3v) is 10.6. The first-order chi connectivity index (χ1) is 19.8. The summed E-state index contributed by atoms with van der Waals surface area (Å²) < 4.78 is 0. The number of aryl methyl sites for hydroxylation is 4. The standard InChI is InChI=1S/C36H38N4/c1-2-10-22-21(9-1)29-17-31-23-11-3-4-12-24(23)33(38-31)19-35-27-15-7-8-16-28(27)36(40-35)20-34-26-14-6-5-13-25(26)32(39-34)18-30(22)37-29/h17-20,37-38H,1-16H2/i17+1,18+1,19+1,20+1,37+1,38+1,39+1,40+1. The molecule has 40 heavy (non-hydrogen) atoms. The molecule has 9 rings (SSSR count). The minimum Gasteiger partial charge on any atom is -0.355 e. The predicted molar refractivity (Wildman–Crippen MR) is 165 cm³/mol. The topological polar surface area (TPSA) is 57.4 Å². The zero-order valence-electron chi connectivity index (χ0n) is 23.5. The second-order valence-electron chi connectivity index (χ2n) is 12.9. The molecule has 0 atom stereocenters. The molecule has 4 nitrogen and oxygen atoms in total. The summed E-state index contributed by atoms with van der Waals surface area (Å²) in [5, 5.41) is 0. The molecule has 4 heteroatoms. The third kappa shape index (κ3) is 3.57. The SMILES string of the molecule is C1CCC2=C(C1)c1[13cH]c3[15n]c([13cH]c4[15nH]c([13cH]c5[15nH]c([13cH]c2[15n]1)c1c5CCCC1)c1c4CCCC1)C1=C3CCCC1. The van der Waals surface area contributed by atoms with Gasteiger partial charge in [-0.25, -0.2) is 9.97 Å². The monoisotopic (exact) mass is 534 g/mol. The van der Waals surface area contributed by atoms with Crippen LogP contribution in [0.4, 0.5) is 0 Å². The van der Waals surface area contributed by atoms with E-state index in [0.717, 1.165) is 25.7 Å². The van der Waals surface area contributed by atoms with Gasteiger partial charge in [0.1, 0.15) is 0 Å². The van der Waals surface area contributed by atoms with Gasteiger partial charge in [0.2, 0.25) is 0 Å². The van der Waals surface area contributed by atoms with Crippen molar-refractivity contribution >= 4 is 44.4 Å². The molecule has 0 amide bonds. The van der Waals surface area contributed by atoms with Crippen molar-refractivity contribution in [3.63, 3.8) is 0 Å². The largest absolute Gasteiger partial charge is 0.355 e. The van der Waals surface area contributed by atoms with Crippen LogP contribution in [0.2, 0.25) is 0 Å². The number of aromatic amines is 2. The van der Waals surface area contributed by atoms with Crippen LogP contribution in [0.25, 0.3) is 44.4 Å². The summed E-state index contributed by atoms with van der Waals surface area (Å²) >= 11 is 0. The lowest BCUT2D eigenvalue weighted by molar-refractivity contribution is 0.695. The fourth-order valence-corrected chi connectivity index (χ4v) is 8.58. The average molecular weight is 535 g/mol. The molecule has 6 aliphatic rings. The first kappa shape index (κ1) is 23.3. The van der Waals surface area contributed by atoms with E-state index < -0.39 is 0 Å². The van der Waals surface area contributed by atoms with Crippen molar-refractivity contribution in [2.24, 2.45) is 0 Å². The fraction of sp³-hybridized carbons (Fsp3) is 0.444. The number of nitrogens with one attached hydrogen (secondary N) is 2. The van der Waals surface area contributed by atoms with E-state index in [4.69, 9.17) is 9.97 Å². The Bertz CT molecular complexity index is 1680. The Morgan fingerprint density at radius 3 is 1.02 bits per heavy atom. The summed E-state index contributed by atoms with van der Waals surface area (Å²) in [5.41, 5.74) is 22.0. The fourth-order valence-electron chi connectivity index (χ4n) is 8.58. The molecule has 3 aromatic heterocycles. The van der Waals surface area contributed by atoms with Gasteiger partial charge in [-0.1, -0.05) is 0 Å². The zero-order valence-corrected chi connectivity index (χ0v) is 23.5. The molecular formula is C36H38N4. The normalized spacial score (nSPS) is 20.2. The van der Waals surface area contributed by atoms with Gasteiger partial charge in [-0.15, -0.1) is 0 Å². The van der Waals surface area contributed by atoms with Gasteiger partial charge in [-0.3, -0.25) is 0 Å². The molecule has 202 valence electrons. The molecule has 2 N–H and O–H groups in total. The van der Waals surface area contributed by atoms with Crippen LogP contribution in [0.15, 0.2) is 24.3 Å². The summed E-state index contributed by atoms with van der Waals surface area (Å²) in [6.45, 7) is 0. The molecule has 4 aliphatic carbocycles. The predicted octanol–water partition coefficient (Wildman–Crippen LogP) is 9.04. The van der Waals surface area contributed by atoms with Crippen molar-refractivity contribution in [2.75, 3.05) is 0 Å². The van der Waals surface area contributed by atoms with E-state index in [1.807, 2.05) is 0 Å². The van der Waals surface area contributed by atoms with Crippen LogP contribution in [0.1, 0.15) is 122 Å². The highest BCUT2D eigenvalue weighted by molar-refractivity contribution is 5.97. The molecule has 5 heterocycles. The van der Waals surface area contributed by atoms with Crippen LogP contribution in [-0.2, 0) is 25.7 Å². The summed E-state index contributed by atoms with van der Waals surface area (Å²) in [7, 11) is 0. The van der Waals surface area contributed by atoms with Gasteiger partial charge in [0, 0.05) is 22.1 Å². The number of fused-ring (bicyclic) bond motifs is 18. The van der Waals surface area contributed by atoms with Crippen molar-refractivity contribution in [3.8, 4) is 0 Å². The highest BCUT2D eigenvalue weighted by atomic mass is 15.5. The summed E-state index contributed by atoms with van der Waals surface area (Å²) in [6.07, 6.45) is 19.5. The van der Waals surface area contributed by atoms with E-state index in [-0.39, 0.29) is 0 Å². The Hall–Kier alpha value is -3.40. The van der Waals surface area contributed by atoms with Crippen molar-refractivity contribution in [2.45, 2.75) is 103 Å². The first-order valence-corrected chi connectivity index (χ1v) is 16.0. The number of rotatable bonds is 0. The molecule has 3 aromatic rings. The van der Waals surface area contributed by atoms with Crippen molar-refractivity contribution in [1.29, 1.82) is 0 Å². The van der Waals surface area contributed by atoms with Crippen molar-refractivity contribution in [1.82, 2.24) is 19.9 Å². The zero-order chi connectivity index (χ0) is 26.2. The van der Waals surface area contributed by atoms with E-state index in [0.29, 0.717) is 0 Å². The number of hydrogen-bond donors (Lipinski definition) is 2. The average Bonchev–Trinajstić information content (AvgIpc) is 3.73. The Kier molecular flexibility index (Phi) is 5.28. The number of nitrogens with zero attached hydrogens (tertiary/aromatic N) is 2. The Morgan fingerprint density at radius 2 is 0.650 bits per heavy atom. The minimum absolute atomic E-state index is 1.14. The van der Waals surface area contributed by atoms with E-state index in [1.54, 1.807) is 0 Å². The van der Waals surface area contributed by atoms with Crippen LogP contribution >= 0.6 is 0 Å². The number of hydrogen-bond acceptors (Lipinski definition) is 2. The van der Waals surface area contributed by atoms with E-state index in [2.05, 4.69) is 34.2 Å². The summed E-state index contributed by atoms with van der Waals surface area (Å²) in [6, 6.07) is 9.60. The molecular weight excluding hydrogens is 496 g/mol. The molecule has 0 spiro atoms. The maximum Gasteiger partial charge on any atom is 0.0694 e.